The number of amidine groups is 1. The van der Waals surface area contributed by atoms with Gasteiger partial charge in [-0.05, 0) is 13.3 Å². The summed E-state index contributed by atoms with van der Waals surface area (Å²) < 4.78 is 0. The summed E-state index contributed by atoms with van der Waals surface area (Å²) in [6.45, 7) is 6.32. The molecule has 0 fully saturated rings. The van der Waals surface area contributed by atoms with Crippen LogP contribution in [0.2, 0.25) is 0 Å². The fourth-order valence-electron chi connectivity index (χ4n) is 0.907. The predicted octanol–water partition coefficient (Wildman–Crippen LogP) is 2.05. The number of hydrogen-bond acceptors (Lipinski definition) is 2. The van der Waals surface area contributed by atoms with Crippen LogP contribution < -0.4 is 0 Å². The second-order valence-corrected chi connectivity index (χ2v) is 2.85. The average Bonchev–Trinajstić information content (AvgIpc) is 2.33. The first kappa shape index (κ1) is 7.45. The summed E-state index contributed by atoms with van der Waals surface area (Å²) in [5, 5.41) is 0. The van der Waals surface area contributed by atoms with Gasteiger partial charge >= 0.3 is 0 Å². The minimum Gasteiger partial charge on any atom is -0.258 e. The minimum atomic E-state index is 0.00530. The van der Waals surface area contributed by atoms with Crippen LogP contribution in [0.4, 0.5) is 0 Å². The first-order valence-corrected chi connectivity index (χ1v) is 3.84. The Hall–Kier alpha value is -0.660. The van der Waals surface area contributed by atoms with Crippen molar-refractivity contribution in [3.8, 4) is 0 Å². The number of aliphatic imine (C=N–C) groups is 2. The molecule has 2 heteroatoms. The van der Waals surface area contributed by atoms with Crippen LogP contribution in [0.3, 0.4) is 0 Å². The summed E-state index contributed by atoms with van der Waals surface area (Å²) >= 11 is 0. The smallest absolute Gasteiger partial charge is 0.123 e. The molecule has 1 unspecified atom stereocenters. The number of nitrogens with zero attached hydrogens (tertiary/aromatic N) is 2. The van der Waals surface area contributed by atoms with E-state index in [1.165, 1.54) is 0 Å². The summed E-state index contributed by atoms with van der Waals surface area (Å²) in [5.74, 6) is 0.990. The van der Waals surface area contributed by atoms with Crippen molar-refractivity contribution in [2.24, 2.45) is 9.98 Å². The number of rotatable bonds is 2. The minimum absolute atomic E-state index is 0.00530. The Balaban J connectivity index is 2.73. The molecule has 2 nitrogen and oxygen atoms in total. The molecule has 1 aliphatic heterocycles. The standard InChI is InChI=1S/C8H14N2/c1-4-7-9-6-8(3,5-2)10-7/h6H,4-5H2,1-3H3. The lowest BCUT2D eigenvalue weighted by Gasteiger charge is -2.12. The topological polar surface area (TPSA) is 24.7 Å². The van der Waals surface area contributed by atoms with Gasteiger partial charge in [-0.25, -0.2) is 4.99 Å². The molecular weight excluding hydrogens is 124 g/mol. The van der Waals surface area contributed by atoms with E-state index in [2.05, 4.69) is 30.8 Å². The van der Waals surface area contributed by atoms with E-state index in [9.17, 15) is 0 Å². The second kappa shape index (κ2) is 2.52. The van der Waals surface area contributed by atoms with Gasteiger partial charge in [0, 0.05) is 12.6 Å². The van der Waals surface area contributed by atoms with Gasteiger partial charge in [0.25, 0.3) is 0 Å². The zero-order valence-electron chi connectivity index (χ0n) is 6.89. The van der Waals surface area contributed by atoms with Gasteiger partial charge in [0.05, 0.1) is 5.54 Å². The average molecular weight is 138 g/mol. The molecule has 0 aromatic carbocycles. The molecular formula is C8H14N2. The molecule has 0 amide bonds. The Morgan fingerprint density at radius 3 is 2.50 bits per heavy atom. The van der Waals surface area contributed by atoms with E-state index in [1.54, 1.807) is 0 Å². The van der Waals surface area contributed by atoms with E-state index in [0.717, 1.165) is 18.7 Å². The maximum Gasteiger partial charge on any atom is 0.123 e. The molecule has 0 saturated heterocycles. The van der Waals surface area contributed by atoms with Gasteiger partial charge in [-0.1, -0.05) is 13.8 Å². The lowest BCUT2D eigenvalue weighted by molar-refractivity contribution is 0.626. The van der Waals surface area contributed by atoms with Crippen LogP contribution in [-0.2, 0) is 0 Å². The van der Waals surface area contributed by atoms with Crippen molar-refractivity contribution < 1.29 is 0 Å². The SMILES string of the molecule is CCC1=NC(C)(CC)C=N1. The molecule has 0 aliphatic carbocycles. The fourth-order valence-corrected chi connectivity index (χ4v) is 0.907. The number of hydrogen-bond donors (Lipinski definition) is 0. The molecule has 1 rings (SSSR count). The molecule has 0 aromatic rings. The molecule has 1 heterocycles. The molecule has 1 aliphatic rings. The molecule has 56 valence electrons. The van der Waals surface area contributed by atoms with E-state index in [4.69, 9.17) is 0 Å². The van der Waals surface area contributed by atoms with Crippen molar-refractivity contribution >= 4 is 12.1 Å². The van der Waals surface area contributed by atoms with E-state index in [0.29, 0.717) is 0 Å². The van der Waals surface area contributed by atoms with Crippen molar-refractivity contribution in [2.75, 3.05) is 0 Å². The van der Waals surface area contributed by atoms with Gasteiger partial charge in [0.15, 0.2) is 0 Å². The second-order valence-electron chi connectivity index (χ2n) is 2.85. The Morgan fingerprint density at radius 1 is 1.50 bits per heavy atom. The van der Waals surface area contributed by atoms with Crippen LogP contribution in [0.15, 0.2) is 9.98 Å². The molecule has 0 aromatic heterocycles. The van der Waals surface area contributed by atoms with Crippen molar-refractivity contribution in [2.45, 2.75) is 39.2 Å². The van der Waals surface area contributed by atoms with Gasteiger partial charge in [0.1, 0.15) is 5.84 Å². The third-order valence-corrected chi connectivity index (χ3v) is 1.91. The highest BCUT2D eigenvalue weighted by molar-refractivity contribution is 5.97. The Kier molecular flexibility index (Phi) is 1.88. The van der Waals surface area contributed by atoms with Crippen LogP contribution in [0.1, 0.15) is 33.6 Å². The van der Waals surface area contributed by atoms with Gasteiger partial charge in [0.2, 0.25) is 0 Å². The summed E-state index contributed by atoms with van der Waals surface area (Å²) in [5.41, 5.74) is 0.00530. The summed E-state index contributed by atoms with van der Waals surface area (Å²) in [6.07, 6.45) is 3.94. The highest BCUT2D eigenvalue weighted by Gasteiger charge is 2.22. The first-order valence-electron chi connectivity index (χ1n) is 3.84. The molecule has 0 N–H and O–H groups in total. The summed E-state index contributed by atoms with van der Waals surface area (Å²) in [4.78, 5) is 8.65. The Morgan fingerprint density at radius 2 is 2.20 bits per heavy atom. The van der Waals surface area contributed by atoms with Gasteiger partial charge in [-0.3, -0.25) is 4.99 Å². The molecule has 0 spiro atoms. The van der Waals surface area contributed by atoms with Crippen molar-refractivity contribution in [1.82, 2.24) is 0 Å². The summed E-state index contributed by atoms with van der Waals surface area (Å²) in [7, 11) is 0. The van der Waals surface area contributed by atoms with Crippen LogP contribution >= 0.6 is 0 Å². The van der Waals surface area contributed by atoms with Gasteiger partial charge in [-0.2, -0.15) is 0 Å². The van der Waals surface area contributed by atoms with E-state index in [1.807, 2.05) is 6.21 Å². The Bertz CT molecular complexity index is 182. The molecule has 0 bridgehead atoms. The molecule has 0 saturated carbocycles. The lowest BCUT2D eigenvalue weighted by Crippen LogP contribution is -2.19. The maximum absolute atomic E-state index is 4.45. The molecule has 10 heavy (non-hydrogen) atoms. The first-order chi connectivity index (χ1) is 4.70. The van der Waals surface area contributed by atoms with Crippen LogP contribution in [-0.4, -0.2) is 17.6 Å². The van der Waals surface area contributed by atoms with Crippen LogP contribution in [0.5, 0.6) is 0 Å². The van der Waals surface area contributed by atoms with E-state index < -0.39 is 0 Å². The highest BCUT2D eigenvalue weighted by atomic mass is 15.0. The Labute approximate surface area is 62.1 Å². The van der Waals surface area contributed by atoms with E-state index >= 15 is 0 Å². The lowest BCUT2D eigenvalue weighted by atomic mass is 10.0. The van der Waals surface area contributed by atoms with Gasteiger partial charge in [-0.15, -0.1) is 0 Å². The third kappa shape index (κ3) is 1.25. The summed E-state index contributed by atoms with van der Waals surface area (Å²) in [6, 6.07) is 0. The van der Waals surface area contributed by atoms with Gasteiger partial charge < -0.3 is 0 Å². The highest BCUT2D eigenvalue weighted by Crippen LogP contribution is 2.18. The van der Waals surface area contributed by atoms with Crippen molar-refractivity contribution in [1.29, 1.82) is 0 Å². The zero-order chi connectivity index (χ0) is 7.61. The monoisotopic (exact) mass is 138 g/mol. The third-order valence-electron chi connectivity index (χ3n) is 1.91. The van der Waals surface area contributed by atoms with Crippen molar-refractivity contribution in [3.63, 3.8) is 0 Å². The predicted molar refractivity (Wildman–Crippen MR) is 44.9 cm³/mol. The van der Waals surface area contributed by atoms with Crippen molar-refractivity contribution in [3.05, 3.63) is 0 Å². The maximum atomic E-state index is 4.45. The fraction of sp³-hybridized carbons (Fsp3) is 0.750. The molecule has 0 radical (unpaired) electrons. The van der Waals surface area contributed by atoms with Crippen LogP contribution in [0, 0.1) is 0 Å². The molecule has 1 atom stereocenters. The zero-order valence-corrected chi connectivity index (χ0v) is 6.89. The quantitative estimate of drug-likeness (QED) is 0.558. The normalized spacial score (nSPS) is 30.9. The van der Waals surface area contributed by atoms with E-state index in [-0.39, 0.29) is 5.54 Å². The largest absolute Gasteiger partial charge is 0.258 e. The van der Waals surface area contributed by atoms with Crippen LogP contribution in [0.25, 0.3) is 0 Å².